The predicted molar refractivity (Wildman–Crippen MR) is 85.9 cm³/mol. The molecule has 0 aliphatic heterocycles. The van der Waals surface area contributed by atoms with Crippen molar-refractivity contribution in [1.29, 1.82) is 0 Å². The number of rotatable bonds is 3. The van der Waals surface area contributed by atoms with Crippen LogP contribution in [0, 0.1) is 0 Å². The number of nitrogens with one attached hydrogen (secondary N) is 2. The van der Waals surface area contributed by atoms with Gasteiger partial charge in [0.1, 0.15) is 5.76 Å². The van der Waals surface area contributed by atoms with Crippen molar-refractivity contribution in [2.45, 2.75) is 38.3 Å². The van der Waals surface area contributed by atoms with Crippen LogP contribution in [0.1, 0.15) is 48.7 Å². The van der Waals surface area contributed by atoms with E-state index in [1.807, 2.05) is 37.3 Å². The first-order valence-electron chi connectivity index (χ1n) is 7.53. The molecule has 2 atom stereocenters. The highest BCUT2D eigenvalue weighted by atomic mass is 35.5. The average molecular weight is 319 g/mol. The van der Waals surface area contributed by atoms with Crippen LogP contribution < -0.4 is 10.6 Å². The van der Waals surface area contributed by atoms with E-state index in [9.17, 15) is 4.79 Å². The molecule has 1 heterocycles. The molecule has 1 aromatic heterocycles. The van der Waals surface area contributed by atoms with Crippen molar-refractivity contribution in [2.24, 2.45) is 0 Å². The molecule has 116 valence electrons. The van der Waals surface area contributed by atoms with Crippen LogP contribution in [0.5, 0.6) is 0 Å². The molecule has 0 unspecified atom stereocenters. The number of aryl methyl sites for hydroxylation is 1. The fraction of sp³-hybridized carbons (Fsp3) is 0.353. The molecule has 2 aromatic rings. The number of hydrogen-bond acceptors (Lipinski definition) is 2. The van der Waals surface area contributed by atoms with Crippen molar-refractivity contribution < 1.29 is 9.21 Å². The highest BCUT2D eigenvalue weighted by molar-refractivity contribution is 6.31. The van der Waals surface area contributed by atoms with Gasteiger partial charge in [-0.1, -0.05) is 29.8 Å². The molecule has 0 radical (unpaired) electrons. The summed E-state index contributed by atoms with van der Waals surface area (Å²) in [6.07, 6.45) is 4.58. The SMILES string of the molecule is C[C@H](NC(=O)N[C@@H]1CCCc2occc21)c1ccccc1Cl. The van der Waals surface area contributed by atoms with Gasteiger partial charge in [0.15, 0.2) is 0 Å². The zero-order valence-electron chi connectivity index (χ0n) is 12.4. The predicted octanol–water partition coefficient (Wildman–Crippen LogP) is 4.37. The summed E-state index contributed by atoms with van der Waals surface area (Å²) in [5.41, 5.74) is 2.00. The largest absolute Gasteiger partial charge is 0.469 e. The quantitative estimate of drug-likeness (QED) is 0.882. The first kappa shape index (κ1) is 15.0. The van der Waals surface area contributed by atoms with E-state index < -0.39 is 0 Å². The molecule has 0 spiro atoms. The van der Waals surface area contributed by atoms with Gasteiger partial charge in [0, 0.05) is 17.0 Å². The van der Waals surface area contributed by atoms with Crippen molar-refractivity contribution in [2.75, 3.05) is 0 Å². The number of urea groups is 1. The number of fused-ring (bicyclic) bond motifs is 1. The Labute approximate surface area is 134 Å². The summed E-state index contributed by atoms with van der Waals surface area (Å²) < 4.78 is 5.44. The standard InChI is InChI=1S/C17H19ClN2O2/c1-11(12-5-2-3-6-14(12)18)19-17(21)20-15-7-4-8-16-13(15)9-10-22-16/h2-3,5-6,9-11,15H,4,7-8H2,1H3,(H2,19,20,21)/t11-,15+/m0/s1. The summed E-state index contributed by atoms with van der Waals surface area (Å²) in [5, 5.41) is 6.63. The maximum atomic E-state index is 12.2. The van der Waals surface area contributed by atoms with Crippen molar-refractivity contribution in [3.05, 3.63) is 58.5 Å². The lowest BCUT2D eigenvalue weighted by molar-refractivity contribution is 0.232. The molecule has 5 heteroatoms. The van der Waals surface area contributed by atoms with Crippen molar-refractivity contribution in [1.82, 2.24) is 10.6 Å². The summed E-state index contributed by atoms with van der Waals surface area (Å²) in [7, 11) is 0. The molecule has 3 rings (SSSR count). The first-order valence-corrected chi connectivity index (χ1v) is 7.90. The van der Waals surface area contributed by atoms with Gasteiger partial charge in [-0.05, 0) is 37.5 Å². The number of carbonyl (C=O) groups excluding carboxylic acids is 1. The number of carbonyl (C=O) groups is 1. The molecule has 1 aliphatic carbocycles. The second kappa shape index (κ2) is 6.44. The minimum Gasteiger partial charge on any atom is -0.469 e. The van der Waals surface area contributed by atoms with Gasteiger partial charge in [0.25, 0.3) is 0 Å². The monoisotopic (exact) mass is 318 g/mol. The average Bonchev–Trinajstić information content (AvgIpc) is 2.97. The number of halogens is 1. The topological polar surface area (TPSA) is 54.3 Å². The van der Waals surface area contributed by atoms with Crippen LogP contribution >= 0.6 is 11.6 Å². The van der Waals surface area contributed by atoms with Gasteiger partial charge in [-0.15, -0.1) is 0 Å². The molecule has 1 aliphatic rings. The van der Waals surface area contributed by atoms with E-state index in [1.165, 1.54) is 0 Å². The Morgan fingerprint density at radius 2 is 2.18 bits per heavy atom. The molecule has 0 fully saturated rings. The number of benzene rings is 1. The second-order valence-electron chi connectivity index (χ2n) is 5.60. The molecule has 22 heavy (non-hydrogen) atoms. The van der Waals surface area contributed by atoms with E-state index in [0.717, 1.165) is 36.1 Å². The zero-order valence-corrected chi connectivity index (χ0v) is 13.2. The fourth-order valence-electron chi connectivity index (χ4n) is 2.94. The zero-order chi connectivity index (χ0) is 15.5. The van der Waals surface area contributed by atoms with Crippen molar-refractivity contribution in [3.8, 4) is 0 Å². The molecular weight excluding hydrogens is 300 g/mol. The minimum atomic E-state index is -0.188. The second-order valence-corrected chi connectivity index (χ2v) is 6.01. The van der Waals surface area contributed by atoms with Crippen LogP contribution in [0.15, 0.2) is 41.0 Å². The maximum absolute atomic E-state index is 12.2. The summed E-state index contributed by atoms with van der Waals surface area (Å²) in [6.45, 7) is 1.92. The Kier molecular flexibility index (Phi) is 4.39. The van der Waals surface area contributed by atoms with Crippen molar-refractivity contribution in [3.63, 3.8) is 0 Å². The fourth-order valence-corrected chi connectivity index (χ4v) is 3.24. The highest BCUT2D eigenvalue weighted by Crippen LogP contribution is 2.30. The third-order valence-electron chi connectivity index (χ3n) is 4.08. The van der Waals surface area contributed by atoms with Crippen LogP contribution in [-0.2, 0) is 6.42 Å². The molecule has 0 saturated carbocycles. The van der Waals surface area contributed by atoms with E-state index in [0.29, 0.717) is 5.02 Å². The van der Waals surface area contributed by atoms with Gasteiger partial charge < -0.3 is 15.1 Å². The normalized spacial score (nSPS) is 18.4. The van der Waals surface area contributed by atoms with E-state index in [2.05, 4.69) is 10.6 Å². The smallest absolute Gasteiger partial charge is 0.315 e. The van der Waals surface area contributed by atoms with Crippen LogP contribution in [0.3, 0.4) is 0 Å². The molecule has 2 N–H and O–H groups in total. The lowest BCUT2D eigenvalue weighted by Gasteiger charge is -2.24. The molecule has 4 nitrogen and oxygen atoms in total. The molecule has 0 bridgehead atoms. The molecule has 0 saturated heterocycles. The van der Waals surface area contributed by atoms with Crippen LogP contribution in [0.2, 0.25) is 5.02 Å². The summed E-state index contributed by atoms with van der Waals surface area (Å²) >= 11 is 6.16. The van der Waals surface area contributed by atoms with Crippen LogP contribution in [0.4, 0.5) is 4.79 Å². The van der Waals surface area contributed by atoms with E-state index in [4.69, 9.17) is 16.0 Å². The lowest BCUT2D eigenvalue weighted by atomic mass is 9.93. The maximum Gasteiger partial charge on any atom is 0.315 e. The van der Waals surface area contributed by atoms with Crippen LogP contribution in [0.25, 0.3) is 0 Å². The molecule has 1 aromatic carbocycles. The lowest BCUT2D eigenvalue weighted by Crippen LogP contribution is -2.40. The highest BCUT2D eigenvalue weighted by Gasteiger charge is 2.24. The van der Waals surface area contributed by atoms with Gasteiger partial charge in [-0.25, -0.2) is 4.79 Å². The van der Waals surface area contributed by atoms with Gasteiger partial charge in [-0.3, -0.25) is 0 Å². The Morgan fingerprint density at radius 3 is 3.00 bits per heavy atom. The summed E-state index contributed by atoms with van der Waals surface area (Å²) in [4.78, 5) is 12.2. The first-order chi connectivity index (χ1) is 10.6. The molecular formula is C17H19ClN2O2. The minimum absolute atomic E-state index is 0.0148. The van der Waals surface area contributed by atoms with Gasteiger partial charge in [0.2, 0.25) is 0 Å². The van der Waals surface area contributed by atoms with Gasteiger partial charge in [-0.2, -0.15) is 0 Å². The Bertz CT molecular complexity index is 668. The Hall–Kier alpha value is -1.94. The van der Waals surface area contributed by atoms with E-state index in [1.54, 1.807) is 6.26 Å². The Morgan fingerprint density at radius 1 is 1.36 bits per heavy atom. The van der Waals surface area contributed by atoms with E-state index in [-0.39, 0.29) is 18.1 Å². The van der Waals surface area contributed by atoms with Crippen LogP contribution in [-0.4, -0.2) is 6.03 Å². The Balaban J connectivity index is 1.63. The summed E-state index contributed by atoms with van der Waals surface area (Å²) in [5.74, 6) is 0.982. The number of furan rings is 1. The number of hydrogen-bond donors (Lipinski definition) is 2. The van der Waals surface area contributed by atoms with Gasteiger partial charge in [0.05, 0.1) is 18.3 Å². The third kappa shape index (κ3) is 3.12. The van der Waals surface area contributed by atoms with Crippen molar-refractivity contribution >= 4 is 17.6 Å². The third-order valence-corrected chi connectivity index (χ3v) is 4.42. The van der Waals surface area contributed by atoms with Gasteiger partial charge >= 0.3 is 6.03 Å². The molecule has 2 amide bonds. The summed E-state index contributed by atoms with van der Waals surface area (Å²) in [6, 6.07) is 9.15. The van der Waals surface area contributed by atoms with E-state index >= 15 is 0 Å². The number of amides is 2.